The number of thiophene rings is 1. The van der Waals surface area contributed by atoms with Crippen LogP contribution in [0.25, 0.3) is 21.3 Å². The van der Waals surface area contributed by atoms with Gasteiger partial charge in [0.1, 0.15) is 4.21 Å². The lowest BCUT2D eigenvalue weighted by atomic mass is 10.0. The molecule has 5 rings (SSSR count). The van der Waals surface area contributed by atoms with Crippen molar-refractivity contribution in [3.8, 4) is 11.1 Å². The highest BCUT2D eigenvalue weighted by Gasteiger charge is 2.25. The van der Waals surface area contributed by atoms with Crippen molar-refractivity contribution in [1.82, 2.24) is 14.5 Å². The van der Waals surface area contributed by atoms with Crippen LogP contribution in [0, 0.1) is 5.92 Å². The number of hydrogen-bond acceptors (Lipinski definition) is 6. The standard InChI is InChI=1S/C25H24N4O2S3/c1-17(2)12-20-14-21(19-7-5-6-18(13-19)15-29-11-10-26-16-29)24(32-20)34(30,31)28-25-27-22-8-3-4-9-23(22)33-25/h3-11,13-14,16-17H,12,15H2,1-2H3,(H,27,28). The van der Waals surface area contributed by atoms with Crippen molar-refractivity contribution in [2.45, 2.75) is 31.0 Å². The maximum absolute atomic E-state index is 13.6. The van der Waals surface area contributed by atoms with Crippen LogP contribution in [0.4, 0.5) is 5.13 Å². The van der Waals surface area contributed by atoms with Crippen LogP contribution in [0.5, 0.6) is 0 Å². The highest BCUT2D eigenvalue weighted by molar-refractivity contribution is 7.95. The van der Waals surface area contributed by atoms with Gasteiger partial charge in [-0.2, -0.15) is 0 Å². The van der Waals surface area contributed by atoms with E-state index in [-0.39, 0.29) is 0 Å². The summed E-state index contributed by atoms with van der Waals surface area (Å²) in [6.07, 6.45) is 6.26. The Hall–Kier alpha value is -3.01. The topological polar surface area (TPSA) is 76.9 Å². The smallest absolute Gasteiger partial charge is 0.273 e. The third-order valence-corrected chi connectivity index (χ3v) is 9.39. The molecule has 0 aliphatic rings. The van der Waals surface area contributed by atoms with Crippen LogP contribution in [0.1, 0.15) is 24.3 Å². The van der Waals surface area contributed by atoms with E-state index in [1.54, 1.807) is 12.5 Å². The summed E-state index contributed by atoms with van der Waals surface area (Å²) < 4.78 is 33.1. The molecule has 9 heteroatoms. The van der Waals surface area contributed by atoms with Crippen molar-refractivity contribution in [2.75, 3.05) is 4.72 Å². The van der Waals surface area contributed by atoms with Gasteiger partial charge in [0.15, 0.2) is 5.13 Å². The first-order chi connectivity index (χ1) is 16.4. The molecular weight excluding hydrogens is 485 g/mol. The van der Waals surface area contributed by atoms with Crippen molar-refractivity contribution >= 4 is 48.0 Å². The molecule has 34 heavy (non-hydrogen) atoms. The molecule has 0 amide bonds. The number of nitrogens with one attached hydrogen (secondary N) is 1. The second-order valence-electron chi connectivity index (χ2n) is 8.54. The third kappa shape index (κ3) is 4.91. The van der Waals surface area contributed by atoms with Gasteiger partial charge >= 0.3 is 0 Å². The summed E-state index contributed by atoms with van der Waals surface area (Å²) in [6, 6.07) is 17.7. The van der Waals surface area contributed by atoms with E-state index >= 15 is 0 Å². The van der Waals surface area contributed by atoms with E-state index in [4.69, 9.17) is 0 Å². The number of aromatic nitrogens is 3. The van der Waals surface area contributed by atoms with E-state index in [2.05, 4.69) is 34.6 Å². The molecule has 6 nitrogen and oxygen atoms in total. The second-order valence-corrected chi connectivity index (χ2v) is 12.6. The predicted molar refractivity (Wildman–Crippen MR) is 140 cm³/mol. The Morgan fingerprint density at radius 2 is 1.91 bits per heavy atom. The van der Waals surface area contributed by atoms with Gasteiger partial charge in [-0.1, -0.05) is 55.5 Å². The minimum Gasteiger partial charge on any atom is -0.333 e. The molecule has 174 valence electrons. The monoisotopic (exact) mass is 508 g/mol. The van der Waals surface area contributed by atoms with Gasteiger partial charge in [0.25, 0.3) is 10.0 Å². The lowest BCUT2D eigenvalue weighted by molar-refractivity contribution is 0.603. The Morgan fingerprint density at radius 3 is 2.68 bits per heavy atom. The van der Waals surface area contributed by atoms with Crippen molar-refractivity contribution in [1.29, 1.82) is 0 Å². The summed E-state index contributed by atoms with van der Waals surface area (Å²) in [5, 5.41) is 0.375. The van der Waals surface area contributed by atoms with Crippen molar-refractivity contribution in [3.05, 3.63) is 83.8 Å². The maximum Gasteiger partial charge on any atom is 0.273 e. The van der Waals surface area contributed by atoms with Crippen LogP contribution in [0.2, 0.25) is 0 Å². The predicted octanol–water partition coefficient (Wildman–Crippen LogP) is 6.27. The fraction of sp³-hybridized carbons (Fsp3) is 0.200. The fourth-order valence-corrected chi connectivity index (χ4v) is 7.88. The number of imidazole rings is 1. The first-order valence-corrected chi connectivity index (χ1v) is 14.0. The van der Waals surface area contributed by atoms with Crippen molar-refractivity contribution in [2.24, 2.45) is 5.92 Å². The molecule has 0 fully saturated rings. The van der Waals surface area contributed by atoms with Gasteiger partial charge in [-0.3, -0.25) is 4.72 Å². The molecule has 0 aliphatic heterocycles. The summed E-state index contributed by atoms with van der Waals surface area (Å²) in [4.78, 5) is 9.62. The second kappa shape index (κ2) is 9.32. The molecule has 0 aliphatic carbocycles. The van der Waals surface area contributed by atoms with Crippen LogP contribution in [0.15, 0.2) is 77.5 Å². The average molecular weight is 509 g/mol. The van der Waals surface area contributed by atoms with E-state index in [0.717, 1.165) is 38.2 Å². The number of thiazole rings is 1. The Kier molecular flexibility index (Phi) is 6.24. The number of fused-ring (bicyclic) bond motifs is 1. The Labute approximate surface area is 207 Å². The molecule has 1 N–H and O–H groups in total. The molecule has 5 aromatic rings. The number of nitrogens with zero attached hydrogens (tertiary/aromatic N) is 3. The number of sulfonamides is 1. The number of rotatable bonds is 8. The molecule has 2 aromatic carbocycles. The zero-order chi connectivity index (χ0) is 23.7. The molecule has 0 bridgehead atoms. The molecule has 0 radical (unpaired) electrons. The van der Waals surface area contributed by atoms with E-state index < -0.39 is 10.0 Å². The Morgan fingerprint density at radius 1 is 1.06 bits per heavy atom. The number of hydrogen-bond donors (Lipinski definition) is 1. The fourth-order valence-electron chi connectivity index (χ4n) is 3.83. The van der Waals surface area contributed by atoms with E-state index in [9.17, 15) is 8.42 Å². The van der Waals surface area contributed by atoms with Gasteiger partial charge in [0.05, 0.1) is 16.5 Å². The van der Waals surface area contributed by atoms with Gasteiger partial charge in [-0.25, -0.2) is 18.4 Å². The zero-order valence-electron chi connectivity index (χ0n) is 18.8. The van der Waals surface area contributed by atoms with Gasteiger partial charge in [0, 0.05) is 29.4 Å². The quantitative estimate of drug-likeness (QED) is 0.268. The molecular formula is C25H24N4O2S3. The lowest BCUT2D eigenvalue weighted by Crippen LogP contribution is -2.12. The van der Waals surface area contributed by atoms with Gasteiger partial charge in [0.2, 0.25) is 0 Å². The number of anilines is 1. The van der Waals surface area contributed by atoms with E-state index in [1.807, 2.05) is 59.3 Å². The third-order valence-electron chi connectivity index (χ3n) is 5.28. The maximum atomic E-state index is 13.6. The molecule has 0 saturated carbocycles. The normalized spacial score (nSPS) is 12.0. The molecule has 0 saturated heterocycles. The lowest BCUT2D eigenvalue weighted by Gasteiger charge is -2.09. The minimum absolute atomic E-state index is 0.321. The van der Waals surface area contributed by atoms with Gasteiger partial charge in [-0.05, 0) is 47.7 Å². The molecule has 3 aromatic heterocycles. The van der Waals surface area contributed by atoms with Gasteiger partial charge < -0.3 is 4.57 Å². The largest absolute Gasteiger partial charge is 0.333 e. The van der Waals surface area contributed by atoms with E-state index in [0.29, 0.717) is 21.8 Å². The van der Waals surface area contributed by atoms with Crippen molar-refractivity contribution < 1.29 is 8.42 Å². The minimum atomic E-state index is -3.82. The zero-order valence-corrected chi connectivity index (χ0v) is 21.3. The first-order valence-electron chi connectivity index (χ1n) is 10.9. The Balaban J connectivity index is 1.53. The number of para-hydroxylation sites is 1. The van der Waals surface area contributed by atoms with Crippen LogP contribution in [-0.2, 0) is 23.0 Å². The van der Waals surface area contributed by atoms with Crippen LogP contribution in [0.3, 0.4) is 0 Å². The van der Waals surface area contributed by atoms with Crippen LogP contribution >= 0.6 is 22.7 Å². The summed E-state index contributed by atoms with van der Waals surface area (Å²) in [5.41, 5.74) is 3.47. The molecule has 0 spiro atoms. The Bertz CT molecular complexity index is 1500. The summed E-state index contributed by atoms with van der Waals surface area (Å²) in [5.74, 6) is 0.423. The van der Waals surface area contributed by atoms with Gasteiger partial charge in [-0.15, -0.1) is 11.3 Å². The van der Waals surface area contributed by atoms with Crippen LogP contribution in [-0.4, -0.2) is 23.0 Å². The molecule has 0 unspecified atom stereocenters. The number of benzene rings is 2. The molecule has 3 heterocycles. The molecule has 0 atom stereocenters. The van der Waals surface area contributed by atoms with Crippen LogP contribution < -0.4 is 4.72 Å². The average Bonchev–Trinajstić information content (AvgIpc) is 3.53. The van der Waals surface area contributed by atoms with E-state index in [1.165, 1.54) is 22.7 Å². The first kappa shape index (κ1) is 22.8. The summed E-state index contributed by atoms with van der Waals surface area (Å²) >= 11 is 2.68. The summed E-state index contributed by atoms with van der Waals surface area (Å²) in [6.45, 7) is 4.94. The van der Waals surface area contributed by atoms with Crippen molar-refractivity contribution in [3.63, 3.8) is 0 Å². The summed E-state index contributed by atoms with van der Waals surface area (Å²) in [7, 11) is -3.82. The SMILES string of the molecule is CC(C)Cc1cc(-c2cccc(Cn3ccnc3)c2)c(S(=O)(=O)Nc2nc3ccccc3s2)s1. The highest BCUT2D eigenvalue weighted by atomic mass is 32.2. The highest BCUT2D eigenvalue weighted by Crippen LogP contribution is 2.38.